The second kappa shape index (κ2) is 8.61. The van der Waals surface area contributed by atoms with E-state index >= 15 is 0 Å². The minimum absolute atomic E-state index is 0.202. The number of cyclic esters (lactones) is 1. The molecule has 0 saturated carbocycles. The van der Waals surface area contributed by atoms with Crippen molar-refractivity contribution in [2.75, 3.05) is 36.0 Å². The highest BCUT2D eigenvalue weighted by Gasteiger charge is 2.33. The number of carbonyl (C=O) groups is 2. The molecule has 2 fully saturated rings. The highest BCUT2D eigenvalue weighted by atomic mass is 35.5. The van der Waals surface area contributed by atoms with Crippen LogP contribution < -0.4 is 15.1 Å². The minimum Gasteiger partial charge on any atom is -0.462 e. The number of nitrogens with one attached hydrogen (secondary N) is 1. The molecule has 30 heavy (non-hydrogen) atoms. The number of amides is 2. The largest absolute Gasteiger partial charge is 0.462 e. The number of ether oxygens (including phenoxy) is 2. The summed E-state index contributed by atoms with van der Waals surface area (Å²) in [7, 11) is 0. The summed E-state index contributed by atoms with van der Waals surface area (Å²) in [5, 5.41) is 11.5. The minimum atomic E-state index is -0.475. The number of hydrogen-bond acceptors (Lipinski definition) is 7. The van der Waals surface area contributed by atoms with Gasteiger partial charge in [-0.05, 0) is 36.4 Å². The zero-order valence-corrected chi connectivity index (χ0v) is 17.2. The molecule has 0 spiro atoms. The Labute approximate surface area is 181 Å². The zero-order valence-electron chi connectivity index (χ0n) is 15.6. The number of nitrogens with zero attached hydrogens (tertiary/aromatic N) is 4. The summed E-state index contributed by atoms with van der Waals surface area (Å²) in [6.45, 7) is 1.56. The van der Waals surface area contributed by atoms with Crippen molar-refractivity contribution in [3.63, 3.8) is 0 Å². The smallest absolute Gasteiger partial charge is 0.414 e. The van der Waals surface area contributed by atoms with E-state index in [-0.39, 0.29) is 18.5 Å². The van der Waals surface area contributed by atoms with Crippen LogP contribution in [-0.2, 0) is 9.47 Å². The predicted octanol–water partition coefficient (Wildman–Crippen LogP) is 2.83. The van der Waals surface area contributed by atoms with E-state index in [4.69, 9.17) is 26.3 Å². The fourth-order valence-electron chi connectivity index (χ4n) is 3.16. The number of nitriles is 1. The average Bonchev–Trinajstić information content (AvgIpc) is 3.47. The van der Waals surface area contributed by atoms with E-state index in [1.165, 1.54) is 16.2 Å². The number of hydrogen-bond donors (Lipinski definition) is 1. The van der Waals surface area contributed by atoms with Gasteiger partial charge < -0.3 is 14.8 Å². The molecule has 0 bridgehead atoms. The molecule has 0 radical (unpaired) electrons. The van der Waals surface area contributed by atoms with Gasteiger partial charge in [-0.15, -0.1) is 16.3 Å². The first-order chi connectivity index (χ1) is 14.5. The third kappa shape index (κ3) is 4.17. The van der Waals surface area contributed by atoms with Crippen molar-refractivity contribution in [2.24, 2.45) is 4.99 Å². The lowest BCUT2D eigenvalue weighted by atomic mass is 10.2. The molecule has 3 heterocycles. The highest BCUT2D eigenvalue weighted by Crippen LogP contribution is 2.26. The number of rotatable bonds is 5. The molecule has 4 rings (SSSR count). The van der Waals surface area contributed by atoms with Crippen LogP contribution in [0, 0.1) is 11.5 Å². The SMILES string of the molecule is N#CN=C1OCCN1c1ccc(N2C[C@H](CNC(=O)c3ccc(Cl)s3)OC2=O)cc1. The molecule has 11 heteroatoms. The number of thiophene rings is 1. The normalized spacial score (nSPS) is 19.5. The van der Waals surface area contributed by atoms with E-state index in [9.17, 15) is 9.59 Å². The number of carbonyl (C=O) groups excluding carboxylic acids is 2. The van der Waals surface area contributed by atoms with Crippen molar-refractivity contribution in [2.45, 2.75) is 6.10 Å². The Bertz CT molecular complexity index is 1030. The summed E-state index contributed by atoms with van der Waals surface area (Å²) in [5.74, 6) is -0.256. The van der Waals surface area contributed by atoms with Gasteiger partial charge in [-0.2, -0.15) is 5.26 Å². The molecule has 0 aliphatic carbocycles. The van der Waals surface area contributed by atoms with Gasteiger partial charge in [0.05, 0.1) is 28.8 Å². The first-order valence-corrected chi connectivity index (χ1v) is 10.2. The highest BCUT2D eigenvalue weighted by molar-refractivity contribution is 7.18. The number of anilines is 2. The van der Waals surface area contributed by atoms with E-state index in [1.807, 2.05) is 12.1 Å². The van der Waals surface area contributed by atoms with Crippen LogP contribution in [0.3, 0.4) is 0 Å². The molecule has 1 N–H and O–H groups in total. The first kappa shape index (κ1) is 20.0. The molecule has 2 aliphatic rings. The Balaban J connectivity index is 1.36. The van der Waals surface area contributed by atoms with Crippen molar-refractivity contribution in [1.29, 1.82) is 5.26 Å². The fraction of sp³-hybridized carbons (Fsp3) is 0.263. The zero-order chi connectivity index (χ0) is 21.1. The molecular weight excluding hydrogens is 430 g/mol. The van der Waals surface area contributed by atoms with Crippen LogP contribution in [0.15, 0.2) is 41.4 Å². The Kier molecular flexibility index (Phi) is 5.74. The quantitative estimate of drug-likeness (QED) is 0.709. The molecule has 2 amide bonds. The second-order valence-electron chi connectivity index (χ2n) is 6.44. The van der Waals surface area contributed by atoms with E-state index in [1.54, 1.807) is 35.4 Å². The van der Waals surface area contributed by atoms with E-state index in [2.05, 4.69) is 10.3 Å². The molecule has 1 aromatic heterocycles. The van der Waals surface area contributed by atoms with Gasteiger partial charge in [-0.1, -0.05) is 11.6 Å². The molecule has 0 unspecified atom stereocenters. The Morgan fingerprint density at radius 1 is 1.27 bits per heavy atom. The number of aliphatic imine (C=N–C) groups is 1. The second-order valence-corrected chi connectivity index (χ2v) is 8.16. The van der Waals surface area contributed by atoms with Crippen LogP contribution in [0.2, 0.25) is 4.34 Å². The summed E-state index contributed by atoms with van der Waals surface area (Å²) in [6.07, 6.45) is 0.789. The molecule has 1 aromatic carbocycles. The third-order valence-corrected chi connectivity index (χ3v) is 5.79. The van der Waals surface area contributed by atoms with Gasteiger partial charge in [0.25, 0.3) is 5.91 Å². The standard InChI is InChI=1S/C19H16ClN5O4S/c20-16-6-5-15(30-16)17(26)22-9-14-10-25(19(27)29-14)13-3-1-12(2-4-13)24-7-8-28-18(24)23-11-21/h1-6,14H,7-10H2,(H,22,26)/t14-/m0/s1. The van der Waals surface area contributed by atoms with Crippen molar-refractivity contribution >= 4 is 52.3 Å². The number of halogens is 1. The van der Waals surface area contributed by atoms with Gasteiger partial charge in [0.2, 0.25) is 6.19 Å². The van der Waals surface area contributed by atoms with Gasteiger partial charge in [0, 0.05) is 11.4 Å². The topological polar surface area (TPSA) is 107 Å². The van der Waals surface area contributed by atoms with E-state index in [0.29, 0.717) is 34.6 Å². The van der Waals surface area contributed by atoms with Crippen molar-refractivity contribution < 1.29 is 19.1 Å². The monoisotopic (exact) mass is 445 g/mol. The van der Waals surface area contributed by atoms with Crippen LogP contribution >= 0.6 is 22.9 Å². The fourth-order valence-corrected chi connectivity index (χ4v) is 4.12. The van der Waals surface area contributed by atoms with Gasteiger partial charge in [-0.3, -0.25) is 14.6 Å². The summed E-state index contributed by atoms with van der Waals surface area (Å²) in [6, 6.07) is 10.8. The molecule has 1 atom stereocenters. The maximum Gasteiger partial charge on any atom is 0.414 e. The lowest BCUT2D eigenvalue weighted by Crippen LogP contribution is -2.34. The molecule has 2 aromatic rings. The van der Waals surface area contributed by atoms with Gasteiger partial charge >= 0.3 is 12.1 Å². The summed E-state index contributed by atoms with van der Waals surface area (Å²) < 4.78 is 11.2. The van der Waals surface area contributed by atoms with Crippen LogP contribution in [0.4, 0.5) is 16.2 Å². The summed E-state index contributed by atoms with van der Waals surface area (Å²) >= 11 is 7.03. The molecule has 2 saturated heterocycles. The van der Waals surface area contributed by atoms with Crippen LogP contribution in [0.5, 0.6) is 0 Å². The Hall–Kier alpha value is -3.29. The Morgan fingerprint density at radius 2 is 2.00 bits per heavy atom. The van der Waals surface area contributed by atoms with Crippen LogP contribution in [-0.4, -0.2) is 50.4 Å². The van der Waals surface area contributed by atoms with Gasteiger partial charge in [0.15, 0.2) is 0 Å². The Morgan fingerprint density at radius 3 is 2.67 bits per heavy atom. The lowest BCUT2D eigenvalue weighted by molar-refractivity contribution is 0.0920. The van der Waals surface area contributed by atoms with Crippen LogP contribution in [0.1, 0.15) is 9.67 Å². The summed E-state index contributed by atoms with van der Waals surface area (Å²) in [4.78, 5) is 31.9. The van der Waals surface area contributed by atoms with Gasteiger partial charge in [0.1, 0.15) is 12.7 Å². The van der Waals surface area contributed by atoms with Crippen molar-refractivity contribution in [3.8, 4) is 6.19 Å². The number of benzene rings is 1. The van der Waals surface area contributed by atoms with Gasteiger partial charge in [-0.25, -0.2) is 4.79 Å². The first-order valence-electron chi connectivity index (χ1n) is 9.04. The van der Waals surface area contributed by atoms with Crippen molar-refractivity contribution in [3.05, 3.63) is 45.6 Å². The third-order valence-electron chi connectivity index (χ3n) is 4.56. The average molecular weight is 446 g/mol. The van der Waals surface area contributed by atoms with Crippen LogP contribution in [0.25, 0.3) is 0 Å². The number of amidine groups is 1. The van der Waals surface area contributed by atoms with E-state index < -0.39 is 12.2 Å². The molecular formula is C19H16ClN5O4S. The summed E-state index contributed by atoms with van der Waals surface area (Å²) in [5.41, 5.74) is 1.47. The molecule has 2 aliphatic heterocycles. The van der Waals surface area contributed by atoms with E-state index in [0.717, 1.165) is 5.69 Å². The maximum atomic E-state index is 12.3. The molecule has 9 nitrogen and oxygen atoms in total. The predicted molar refractivity (Wildman–Crippen MR) is 112 cm³/mol. The maximum absolute atomic E-state index is 12.3. The van der Waals surface area contributed by atoms with Crippen molar-refractivity contribution in [1.82, 2.24) is 5.32 Å². The lowest BCUT2D eigenvalue weighted by Gasteiger charge is -2.17. The molecule has 154 valence electrons.